The van der Waals surface area contributed by atoms with Gasteiger partial charge in [-0.25, -0.2) is 4.79 Å². The Bertz CT molecular complexity index is 1110. The van der Waals surface area contributed by atoms with Crippen LogP contribution in [0.1, 0.15) is 11.1 Å². The highest BCUT2D eigenvalue weighted by Crippen LogP contribution is 2.30. The van der Waals surface area contributed by atoms with E-state index in [1.165, 1.54) is 18.2 Å². The van der Waals surface area contributed by atoms with Crippen molar-refractivity contribution in [2.24, 2.45) is 0 Å². The van der Waals surface area contributed by atoms with E-state index in [9.17, 15) is 22.8 Å². The second-order valence-corrected chi connectivity index (χ2v) is 6.52. The standard InChI is InChI=1S/C24H18F3NO4/c25-24(26,27)18-8-6-7-17(15-18)13-14-23(30)31-16-22(29)28-20-11-4-5-12-21(20)32-19-9-2-1-3-10-19/h1-15H,16H2,(H,28,29). The summed E-state index contributed by atoms with van der Waals surface area (Å²) >= 11 is 0. The second-order valence-electron chi connectivity index (χ2n) is 6.52. The summed E-state index contributed by atoms with van der Waals surface area (Å²) in [7, 11) is 0. The van der Waals surface area contributed by atoms with E-state index in [2.05, 4.69) is 5.32 Å². The fraction of sp³-hybridized carbons (Fsp3) is 0.0833. The van der Waals surface area contributed by atoms with Crippen LogP contribution in [0.5, 0.6) is 11.5 Å². The molecule has 3 rings (SSSR count). The molecule has 8 heteroatoms. The Kier molecular flexibility index (Phi) is 7.28. The summed E-state index contributed by atoms with van der Waals surface area (Å²) in [6, 6.07) is 20.2. The monoisotopic (exact) mass is 441 g/mol. The van der Waals surface area contributed by atoms with Crippen molar-refractivity contribution in [1.82, 2.24) is 0 Å². The Morgan fingerprint density at radius 2 is 1.62 bits per heavy atom. The third kappa shape index (κ3) is 6.73. The molecule has 0 aliphatic heterocycles. The average molecular weight is 441 g/mol. The van der Waals surface area contributed by atoms with Gasteiger partial charge in [-0.05, 0) is 48.0 Å². The first-order chi connectivity index (χ1) is 15.3. The molecule has 0 bridgehead atoms. The van der Waals surface area contributed by atoms with Gasteiger partial charge in [-0.15, -0.1) is 0 Å². The van der Waals surface area contributed by atoms with Gasteiger partial charge in [-0.2, -0.15) is 13.2 Å². The molecule has 0 unspecified atom stereocenters. The number of para-hydroxylation sites is 3. The van der Waals surface area contributed by atoms with Gasteiger partial charge in [0.2, 0.25) is 0 Å². The lowest BCUT2D eigenvalue weighted by Gasteiger charge is -2.12. The molecular weight excluding hydrogens is 423 g/mol. The van der Waals surface area contributed by atoms with Gasteiger partial charge in [-0.3, -0.25) is 4.79 Å². The van der Waals surface area contributed by atoms with Crippen molar-refractivity contribution < 1.29 is 32.2 Å². The molecule has 0 spiro atoms. The SMILES string of the molecule is O=C(COC(=O)C=Cc1cccc(C(F)(F)F)c1)Nc1ccccc1Oc1ccccc1. The van der Waals surface area contributed by atoms with Gasteiger partial charge in [0.25, 0.3) is 5.91 Å². The molecule has 3 aromatic carbocycles. The number of esters is 1. The van der Waals surface area contributed by atoms with Crippen molar-refractivity contribution in [3.05, 3.63) is 96.1 Å². The van der Waals surface area contributed by atoms with Crippen molar-refractivity contribution in [3.63, 3.8) is 0 Å². The zero-order valence-electron chi connectivity index (χ0n) is 16.6. The number of ether oxygens (including phenoxy) is 2. The number of carbonyl (C=O) groups is 2. The Hall–Kier alpha value is -4.07. The Morgan fingerprint density at radius 1 is 0.906 bits per heavy atom. The van der Waals surface area contributed by atoms with E-state index in [1.54, 1.807) is 36.4 Å². The lowest BCUT2D eigenvalue weighted by molar-refractivity contribution is -0.142. The number of halogens is 3. The summed E-state index contributed by atoms with van der Waals surface area (Å²) in [5.41, 5.74) is -0.270. The molecule has 0 radical (unpaired) electrons. The predicted octanol–water partition coefficient (Wildman–Crippen LogP) is 5.69. The molecule has 0 saturated heterocycles. The predicted molar refractivity (Wildman–Crippen MR) is 113 cm³/mol. The average Bonchev–Trinajstić information content (AvgIpc) is 2.78. The number of amides is 1. The molecule has 0 aromatic heterocycles. The summed E-state index contributed by atoms with van der Waals surface area (Å²) < 4.78 is 48.8. The molecule has 0 atom stereocenters. The van der Waals surface area contributed by atoms with Crippen LogP contribution in [-0.2, 0) is 20.5 Å². The fourth-order valence-electron chi connectivity index (χ4n) is 2.63. The minimum absolute atomic E-state index is 0.174. The number of carbonyl (C=O) groups excluding carboxylic acids is 2. The van der Waals surface area contributed by atoms with Crippen molar-refractivity contribution in [2.75, 3.05) is 11.9 Å². The van der Waals surface area contributed by atoms with Gasteiger partial charge in [0, 0.05) is 6.08 Å². The maximum Gasteiger partial charge on any atom is 0.416 e. The van der Waals surface area contributed by atoms with E-state index < -0.39 is 30.2 Å². The summed E-state index contributed by atoms with van der Waals surface area (Å²) in [6.07, 6.45) is -2.35. The first kappa shape index (κ1) is 22.6. The molecule has 1 amide bonds. The summed E-state index contributed by atoms with van der Waals surface area (Å²) in [5.74, 6) is -0.482. The first-order valence-corrected chi connectivity index (χ1v) is 9.45. The van der Waals surface area contributed by atoms with Crippen molar-refractivity contribution in [1.29, 1.82) is 0 Å². The van der Waals surface area contributed by atoms with Crippen LogP contribution in [0.4, 0.5) is 18.9 Å². The van der Waals surface area contributed by atoms with E-state index in [0.717, 1.165) is 18.2 Å². The van der Waals surface area contributed by atoms with Crippen LogP contribution >= 0.6 is 0 Å². The minimum atomic E-state index is -4.48. The molecular formula is C24H18F3NO4. The lowest BCUT2D eigenvalue weighted by atomic mass is 10.1. The zero-order chi connectivity index (χ0) is 23.0. The number of nitrogens with one attached hydrogen (secondary N) is 1. The van der Waals surface area contributed by atoms with Crippen LogP contribution in [0, 0.1) is 0 Å². The highest BCUT2D eigenvalue weighted by molar-refractivity contribution is 5.95. The number of hydrogen-bond donors (Lipinski definition) is 1. The molecule has 32 heavy (non-hydrogen) atoms. The topological polar surface area (TPSA) is 64.6 Å². The first-order valence-electron chi connectivity index (χ1n) is 9.45. The van der Waals surface area contributed by atoms with E-state index >= 15 is 0 Å². The highest BCUT2D eigenvalue weighted by Gasteiger charge is 2.30. The lowest BCUT2D eigenvalue weighted by Crippen LogP contribution is -2.20. The summed E-state index contributed by atoms with van der Waals surface area (Å²) in [6.45, 7) is -0.578. The largest absolute Gasteiger partial charge is 0.455 e. The third-order valence-electron chi connectivity index (χ3n) is 4.10. The molecule has 0 aliphatic carbocycles. The quantitative estimate of drug-likeness (QED) is 0.378. The van der Waals surface area contributed by atoms with Crippen molar-refractivity contribution >= 4 is 23.6 Å². The third-order valence-corrected chi connectivity index (χ3v) is 4.10. The normalized spacial score (nSPS) is 11.2. The van der Waals surface area contributed by atoms with Crippen LogP contribution in [0.25, 0.3) is 6.08 Å². The van der Waals surface area contributed by atoms with Gasteiger partial charge in [0.05, 0.1) is 11.3 Å². The zero-order valence-corrected chi connectivity index (χ0v) is 16.6. The molecule has 0 saturated carbocycles. The van der Waals surface area contributed by atoms with Crippen LogP contribution in [0.2, 0.25) is 0 Å². The van der Waals surface area contributed by atoms with E-state index in [0.29, 0.717) is 17.2 Å². The Morgan fingerprint density at radius 3 is 2.38 bits per heavy atom. The van der Waals surface area contributed by atoms with Crippen molar-refractivity contribution in [3.8, 4) is 11.5 Å². The van der Waals surface area contributed by atoms with Crippen LogP contribution in [-0.4, -0.2) is 18.5 Å². The highest BCUT2D eigenvalue weighted by atomic mass is 19.4. The number of hydrogen-bond acceptors (Lipinski definition) is 4. The fourth-order valence-corrected chi connectivity index (χ4v) is 2.63. The number of rotatable bonds is 7. The van der Waals surface area contributed by atoms with Gasteiger partial charge in [0.15, 0.2) is 12.4 Å². The molecule has 0 aliphatic rings. The molecule has 3 aromatic rings. The van der Waals surface area contributed by atoms with E-state index in [-0.39, 0.29) is 5.56 Å². The van der Waals surface area contributed by atoms with Crippen molar-refractivity contribution in [2.45, 2.75) is 6.18 Å². The molecule has 0 fully saturated rings. The summed E-state index contributed by atoms with van der Waals surface area (Å²) in [5, 5.41) is 2.59. The second kappa shape index (κ2) is 10.3. The maximum absolute atomic E-state index is 12.7. The van der Waals surface area contributed by atoms with Crippen LogP contribution in [0.3, 0.4) is 0 Å². The molecule has 164 valence electrons. The number of benzene rings is 3. The van der Waals surface area contributed by atoms with Gasteiger partial charge >= 0.3 is 12.1 Å². The smallest absolute Gasteiger partial charge is 0.416 e. The molecule has 0 heterocycles. The van der Waals surface area contributed by atoms with Gasteiger partial charge in [0.1, 0.15) is 5.75 Å². The number of alkyl halides is 3. The van der Waals surface area contributed by atoms with E-state index in [1.807, 2.05) is 18.2 Å². The summed E-state index contributed by atoms with van der Waals surface area (Å²) in [4.78, 5) is 24.0. The van der Waals surface area contributed by atoms with E-state index in [4.69, 9.17) is 9.47 Å². The van der Waals surface area contributed by atoms with Crippen LogP contribution < -0.4 is 10.1 Å². The minimum Gasteiger partial charge on any atom is -0.455 e. The Labute approximate surface area is 182 Å². The number of anilines is 1. The molecule has 5 nitrogen and oxygen atoms in total. The van der Waals surface area contributed by atoms with Crippen LogP contribution in [0.15, 0.2) is 84.9 Å². The molecule has 1 N–H and O–H groups in total. The van der Waals surface area contributed by atoms with Gasteiger partial charge < -0.3 is 14.8 Å². The van der Waals surface area contributed by atoms with Gasteiger partial charge in [-0.1, -0.05) is 42.5 Å². The Balaban J connectivity index is 1.54. The maximum atomic E-state index is 12.7.